The van der Waals surface area contributed by atoms with Crippen LogP contribution in [0.5, 0.6) is 0 Å². The van der Waals surface area contributed by atoms with E-state index in [0.717, 1.165) is 67.3 Å². The highest BCUT2D eigenvalue weighted by Crippen LogP contribution is 2.27. The van der Waals surface area contributed by atoms with E-state index in [4.69, 9.17) is 21.7 Å². The van der Waals surface area contributed by atoms with Crippen molar-refractivity contribution in [3.05, 3.63) is 47.1 Å². The Morgan fingerprint density at radius 3 is 2.54 bits per heavy atom. The Balaban J connectivity index is 1.21. The van der Waals surface area contributed by atoms with Crippen LogP contribution in [-0.2, 0) is 4.79 Å². The number of hydrogen-bond acceptors (Lipinski definition) is 5. The zero-order chi connectivity index (χ0) is 24.4. The third-order valence-electron chi connectivity index (χ3n) is 7.49. The summed E-state index contributed by atoms with van der Waals surface area (Å²) >= 11 is 6.05. The standard InChI is InChI=1S/C27H35ClN6O/c1-19-17-26(34-25(30-19)18-24(31-34)21-5-7-23(28)8-6-21)33-15-10-22(11-16-33)27(35)29-12-9-20(2)32-13-3-4-14-32/h5-8,17-18,20,22H,3-4,9-16H2,1-2H3,(H,29,35)/t20-/m0/s1. The van der Waals surface area contributed by atoms with Gasteiger partial charge in [-0.3, -0.25) is 4.79 Å². The molecule has 8 heteroatoms. The predicted octanol–water partition coefficient (Wildman–Crippen LogP) is 4.57. The van der Waals surface area contributed by atoms with Crippen LogP contribution in [0.1, 0.15) is 44.7 Å². The van der Waals surface area contributed by atoms with Gasteiger partial charge < -0.3 is 15.1 Å². The van der Waals surface area contributed by atoms with Crippen LogP contribution in [0.3, 0.4) is 0 Å². The van der Waals surface area contributed by atoms with E-state index in [-0.39, 0.29) is 11.8 Å². The Bertz CT molecular complexity index is 1160. The van der Waals surface area contributed by atoms with E-state index in [9.17, 15) is 4.79 Å². The van der Waals surface area contributed by atoms with Crippen molar-refractivity contribution in [3.8, 4) is 11.3 Å². The summed E-state index contributed by atoms with van der Waals surface area (Å²) in [4.78, 5) is 22.4. The second-order valence-corrected chi connectivity index (χ2v) is 10.4. The van der Waals surface area contributed by atoms with Gasteiger partial charge in [-0.2, -0.15) is 9.61 Å². The first kappa shape index (κ1) is 24.1. The van der Waals surface area contributed by atoms with Crippen LogP contribution in [0.2, 0.25) is 5.02 Å². The van der Waals surface area contributed by atoms with Crippen molar-refractivity contribution >= 4 is 29.0 Å². The summed E-state index contributed by atoms with van der Waals surface area (Å²) in [5, 5.41) is 8.77. The molecular weight excluding hydrogens is 460 g/mol. The van der Waals surface area contributed by atoms with Gasteiger partial charge in [0.05, 0.1) is 5.69 Å². The zero-order valence-electron chi connectivity index (χ0n) is 20.7. The van der Waals surface area contributed by atoms with Crippen LogP contribution in [0.15, 0.2) is 36.4 Å². The highest BCUT2D eigenvalue weighted by atomic mass is 35.5. The quantitative estimate of drug-likeness (QED) is 0.521. The van der Waals surface area contributed by atoms with E-state index in [2.05, 4.69) is 28.1 Å². The SMILES string of the molecule is Cc1cc(N2CCC(C(=O)NCC[C@H](C)N3CCCC3)CC2)n2nc(-c3ccc(Cl)cc3)cc2n1. The molecule has 5 rings (SSSR count). The Morgan fingerprint density at radius 2 is 1.83 bits per heavy atom. The number of benzene rings is 1. The lowest BCUT2D eigenvalue weighted by molar-refractivity contribution is -0.125. The number of likely N-dealkylation sites (tertiary alicyclic amines) is 1. The van der Waals surface area contributed by atoms with Crippen molar-refractivity contribution < 1.29 is 4.79 Å². The van der Waals surface area contributed by atoms with Gasteiger partial charge in [0.25, 0.3) is 0 Å². The first-order valence-electron chi connectivity index (χ1n) is 12.9. The van der Waals surface area contributed by atoms with Crippen LogP contribution in [0.25, 0.3) is 16.9 Å². The molecule has 7 nitrogen and oxygen atoms in total. The van der Waals surface area contributed by atoms with E-state index in [1.807, 2.05) is 41.8 Å². The van der Waals surface area contributed by atoms with Crippen molar-refractivity contribution in [3.63, 3.8) is 0 Å². The van der Waals surface area contributed by atoms with Crippen LogP contribution >= 0.6 is 11.6 Å². The largest absolute Gasteiger partial charge is 0.356 e. The minimum Gasteiger partial charge on any atom is -0.356 e. The topological polar surface area (TPSA) is 65.8 Å². The molecule has 1 aromatic carbocycles. The molecule has 1 amide bonds. The summed E-state index contributed by atoms with van der Waals surface area (Å²) in [6.45, 7) is 9.12. The number of piperidine rings is 1. The Hall–Kier alpha value is -2.64. The number of carbonyl (C=O) groups excluding carboxylic acids is 1. The summed E-state index contributed by atoms with van der Waals surface area (Å²) in [5.74, 6) is 1.32. The molecule has 2 aliphatic rings. The fourth-order valence-corrected chi connectivity index (χ4v) is 5.48. The number of nitrogens with zero attached hydrogens (tertiary/aromatic N) is 5. The third kappa shape index (κ3) is 5.46. The molecule has 0 aliphatic carbocycles. The number of anilines is 1. The van der Waals surface area contributed by atoms with Crippen LogP contribution in [-0.4, -0.2) is 64.2 Å². The molecule has 0 radical (unpaired) electrons. The number of halogens is 1. The van der Waals surface area contributed by atoms with Crippen molar-refractivity contribution in [1.82, 2.24) is 24.8 Å². The van der Waals surface area contributed by atoms with Gasteiger partial charge in [-0.15, -0.1) is 0 Å². The molecule has 0 spiro atoms. The van der Waals surface area contributed by atoms with Crippen LogP contribution in [0, 0.1) is 12.8 Å². The molecule has 1 atom stereocenters. The summed E-state index contributed by atoms with van der Waals surface area (Å²) in [5.41, 5.74) is 3.68. The van der Waals surface area contributed by atoms with Gasteiger partial charge in [0.15, 0.2) is 5.65 Å². The molecule has 2 aliphatic heterocycles. The average molecular weight is 495 g/mol. The minimum atomic E-state index is 0.0778. The lowest BCUT2D eigenvalue weighted by atomic mass is 9.96. The number of carbonyl (C=O) groups is 1. The normalized spacial score (nSPS) is 18.3. The van der Waals surface area contributed by atoms with Crippen LogP contribution < -0.4 is 10.2 Å². The summed E-state index contributed by atoms with van der Waals surface area (Å²) in [7, 11) is 0. The lowest BCUT2D eigenvalue weighted by Crippen LogP contribution is -2.42. The van der Waals surface area contributed by atoms with Gasteiger partial charge in [-0.05, 0) is 71.2 Å². The summed E-state index contributed by atoms with van der Waals surface area (Å²) in [6.07, 6.45) is 5.33. The van der Waals surface area contributed by atoms with E-state index in [1.165, 1.54) is 25.9 Å². The van der Waals surface area contributed by atoms with E-state index >= 15 is 0 Å². The molecule has 186 valence electrons. The molecule has 0 unspecified atom stereocenters. The Morgan fingerprint density at radius 1 is 1.11 bits per heavy atom. The predicted molar refractivity (Wildman–Crippen MR) is 141 cm³/mol. The molecule has 0 saturated carbocycles. The van der Waals surface area contributed by atoms with Gasteiger partial charge in [0.1, 0.15) is 5.82 Å². The smallest absolute Gasteiger partial charge is 0.223 e. The number of nitrogens with one attached hydrogen (secondary N) is 1. The third-order valence-corrected chi connectivity index (χ3v) is 7.74. The number of rotatable bonds is 7. The fraction of sp³-hybridized carbons (Fsp3) is 0.519. The molecule has 2 saturated heterocycles. The van der Waals surface area contributed by atoms with E-state index < -0.39 is 0 Å². The molecule has 2 fully saturated rings. The number of hydrogen-bond donors (Lipinski definition) is 1. The maximum Gasteiger partial charge on any atom is 0.223 e. The van der Waals surface area contributed by atoms with Crippen molar-refractivity contribution in [2.24, 2.45) is 5.92 Å². The second-order valence-electron chi connectivity index (χ2n) is 10.00. The molecule has 4 heterocycles. The minimum absolute atomic E-state index is 0.0778. The average Bonchev–Trinajstić information content (AvgIpc) is 3.54. The highest BCUT2D eigenvalue weighted by molar-refractivity contribution is 6.30. The van der Waals surface area contributed by atoms with Gasteiger partial charge in [-0.25, -0.2) is 4.98 Å². The molecule has 3 aromatic rings. The van der Waals surface area contributed by atoms with E-state index in [0.29, 0.717) is 11.1 Å². The molecule has 35 heavy (non-hydrogen) atoms. The number of amides is 1. The van der Waals surface area contributed by atoms with Gasteiger partial charge in [-0.1, -0.05) is 23.7 Å². The van der Waals surface area contributed by atoms with Gasteiger partial charge in [0, 0.05) is 60.0 Å². The number of aromatic nitrogens is 3. The number of fused-ring (bicyclic) bond motifs is 1. The van der Waals surface area contributed by atoms with Gasteiger partial charge >= 0.3 is 0 Å². The summed E-state index contributed by atoms with van der Waals surface area (Å²) in [6, 6.07) is 12.4. The van der Waals surface area contributed by atoms with Crippen molar-refractivity contribution in [2.45, 2.75) is 52.0 Å². The molecule has 2 aromatic heterocycles. The monoisotopic (exact) mass is 494 g/mol. The first-order chi connectivity index (χ1) is 17.0. The molecular formula is C27H35ClN6O. The zero-order valence-corrected chi connectivity index (χ0v) is 21.5. The first-order valence-corrected chi connectivity index (χ1v) is 13.3. The summed E-state index contributed by atoms with van der Waals surface area (Å²) < 4.78 is 1.93. The van der Waals surface area contributed by atoms with Crippen molar-refractivity contribution in [1.29, 1.82) is 0 Å². The Kier molecular flexibility index (Phi) is 7.25. The lowest BCUT2D eigenvalue weighted by Gasteiger charge is -2.33. The van der Waals surface area contributed by atoms with Crippen LogP contribution in [0.4, 0.5) is 5.82 Å². The number of aryl methyl sites for hydroxylation is 1. The molecule has 0 bridgehead atoms. The fourth-order valence-electron chi connectivity index (χ4n) is 5.35. The maximum absolute atomic E-state index is 12.8. The highest BCUT2D eigenvalue weighted by Gasteiger charge is 2.27. The second kappa shape index (κ2) is 10.5. The van der Waals surface area contributed by atoms with Gasteiger partial charge in [0.2, 0.25) is 5.91 Å². The maximum atomic E-state index is 12.8. The molecule has 1 N–H and O–H groups in total. The Labute approximate surface area is 212 Å². The van der Waals surface area contributed by atoms with Crippen molar-refractivity contribution in [2.75, 3.05) is 37.6 Å². The van der Waals surface area contributed by atoms with E-state index in [1.54, 1.807) is 0 Å².